The van der Waals surface area contributed by atoms with E-state index in [1.807, 2.05) is 7.05 Å². The van der Waals surface area contributed by atoms with Gasteiger partial charge in [0.2, 0.25) is 0 Å². The summed E-state index contributed by atoms with van der Waals surface area (Å²) in [5.74, 6) is 1.69. The molecular formula is C19H38IN3O2. The molecule has 0 amide bonds. The minimum atomic E-state index is 0. The first-order valence-electron chi connectivity index (χ1n) is 9.77. The van der Waals surface area contributed by atoms with Crippen LogP contribution in [0, 0.1) is 11.3 Å². The Morgan fingerprint density at radius 1 is 1.24 bits per heavy atom. The van der Waals surface area contributed by atoms with E-state index < -0.39 is 0 Å². The van der Waals surface area contributed by atoms with Crippen molar-refractivity contribution in [3.63, 3.8) is 0 Å². The number of hydrogen-bond acceptors (Lipinski definition) is 3. The molecule has 0 spiro atoms. The lowest BCUT2D eigenvalue weighted by Crippen LogP contribution is -2.47. The van der Waals surface area contributed by atoms with Gasteiger partial charge in [0.25, 0.3) is 0 Å². The van der Waals surface area contributed by atoms with Crippen molar-refractivity contribution in [2.24, 2.45) is 16.3 Å². The van der Waals surface area contributed by atoms with E-state index >= 15 is 0 Å². The van der Waals surface area contributed by atoms with Gasteiger partial charge in [0, 0.05) is 40.0 Å². The van der Waals surface area contributed by atoms with Crippen molar-refractivity contribution in [2.75, 3.05) is 40.0 Å². The SMILES string of the molecule is CN=C(NCCCOC1CCOCC1)NCC1(CC(C)C)CCC1.I. The molecule has 1 heterocycles. The molecule has 25 heavy (non-hydrogen) atoms. The number of ether oxygens (including phenoxy) is 2. The Hall–Kier alpha value is -0.0800. The van der Waals surface area contributed by atoms with Crippen LogP contribution in [-0.2, 0) is 9.47 Å². The second-order valence-electron chi connectivity index (χ2n) is 7.84. The van der Waals surface area contributed by atoms with Gasteiger partial charge < -0.3 is 20.1 Å². The molecule has 0 unspecified atom stereocenters. The van der Waals surface area contributed by atoms with Crippen LogP contribution in [0.4, 0.5) is 0 Å². The molecule has 1 aliphatic heterocycles. The van der Waals surface area contributed by atoms with Crippen molar-refractivity contribution in [3.05, 3.63) is 0 Å². The molecule has 0 bridgehead atoms. The quantitative estimate of drug-likeness (QED) is 0.236. The number of halogens is 1. The topological polar surface area (TPSA) is 54.9 Å². The van der Waals surface area contributed by atoms with Crippen LogP contribution in [0.15, 0.2) is 4.99 Å². The van der Waals surface area contributed by atoms with Crippen molar-refractivity contribution >= 4 is 29.9 Å². The minimum absolute atomic E-state index is 0. The highest BCUT2D eigenvalue weighted by Gasteiger charge is 2.37. The van der Waals surface area contributed by atoms with E-state index in [0.717, 1.165) is 64.1 Å². The first kappa shape index (κ1) is 23.0. The van der Waals surface area contributed by atoms with Crippen LogP contribution < -0.4 is 10.6 Å². The van der Waals surface area contributed by atoms with E-state index in [0.29, 0.717) is 11.5 Å². The summed E-state index contributed by atoms with van der Waals surface area (Å²) in [5, 5.41) is 6.95. The third-order valence-electron chi connectivity index (χ3n) is 5.25. The van der Waals surface area contributed by atoms with Crippen molar-refractivity contribution in [1.29, 1.82) is 0 Å². The number of nitrogens with zero attached hydrogens (tertiary/aromatic N) is 1. The number of hydrogen-bond donors (Lipinski definition) is 2. The Morgan fingerprint density at radius 3 is 2.52 bits per heavy atom. The van der Waals surface area contributed by atoms with E-state index in [1.54, 1.807) is 0 Å². The fraction of sp³-hybridized carbons (Fsp3) is 0.947. The number of nitrogens with one attached hydrogen (secondary N) is 2. The normalized spacial score (nSPS) is 20.7. The average Bonchev–Trinajstić information content (AvgIpc) is 2.55. The van der Waals surface area contributed by atoms with Gasteiger partial charge in [-0.05, 0) is 49.9 Å². The summed E-state index contributed by atoms with van der Waals surface area (Å²) in [7, 11) is 1.85. The summed E-state index contributed by atoms with van der Waals surface area (Å²) in [4.78, 5) is 4.35. The van der Waals surface area contributed by atoms with Gasteiger partial charge in [0.1, 0.15) is 0 Å². The van der Waals surface area contributed by atoms with E-state index in [-0.39, 0.29) is 24.0 Å². The largest absolute Gasteiger partial charge is 0.381 e. The average molecular weight is 467 g/mol. The molecule has 6 heteroatoms. The van der Waals surface area contributed by atoms with Crippen molar-refractivity contribution in [3.8, 4) is 0 Å². The Morgan fingerprint density at radius 2 is 1.96 bits per heavy atom. The van der Waals surface area contributed by atoms with Crippen molar-refractivity contribution < 1.29 is 9.47 Å². The molecule has 0 aromatic heterocycles. The fourth-order valence-electron chi connectivity index (χ4n) is 3.86. The molecule has 2 N–H and O–H groups in total. The first-order valence-corrected chi connectivity index (χ1v) is 9.77. The standard InChI is InChI=1S/C19H37N3O2.HI/c1-16(2)14-19(8-4-9-19)15-22-18(20-3)21-10-5-11-24-17-6-12-23-13-7-17;/h16-17H,4-15H2,1-3H3,(H2,20,21,22);1H. The van der Waals surface area contributed by atoms with E-state index in [2.05, 4.69) is 29.5 Å². The van der Waals surface area contributed by atoms with Crippen LogP contribution in [0.5, 0.6) is 0 Å². The highest BCUT2D eigenvalue weighted by molar-refractivity contribution is 14.0. The lowest BCUT2D eigenvalue weighted by Gasteiger charge is -2.43. The van der Waals surface area contributed by atoms with Crippen molar-refractivity contribution in [1.82, 2.24) is 10.6 Å². The third-order valence-corrected chi connectivity index (χ3v) is 5.25. The maximum absolute atomic E-state index is 5.90. The zero-order valence-corrected chi connectivity index (χ0v) is 18.6. The van der Waals surface area contributed by atoms with E-state index in [9.17, 15) is 0 Å². The lowest BCUT2D eigenvalue weighted by atomic mass is 9.64. The Labute approximate surface area is 171 Å². The summed E-state index contributed by atoms with van der Waals surface area (Å²) >= 11 is 0. The molecule has 1 saturated heterocycles. The lowest BCUT2D eigenvalue weighted by molar-refractivity contribution is -0.0320. The smallest absolute Gasteiger partial charge is 0.190 e. The second-order valence-corrected chi connectivity index (χ2v) is 7.84. The zero-order chi connectivity index (χ0) is 17.3. The molecule has 0 aromatic rings. The molecule has 1 saturated carbocycles. The fourth-order valence-corrected chi connectivity index (χ4v) is 3.86. The second kappa shape index (κ2) is 12.3. The van der Waals surface area contributed by atoms with Gasteiger partial charge in [-0.25, -0.2) is 0 Å². The molecule has 0 radical (unpaired) electrons. The molecule has 148 valence electrons. The van der Waals surface area contributed by atoms with Gasteiger partial charge in [-0.3, -0.25) is 4.99 Å². The Kier molecular flexibility index (Phi) is 11.3. The maximum Gasteiger partial charge on any atom is 0.190 e. The van der Waals surface area contributed by atoms with Crippen molar-refractivity contribution in [2.45, 2.75) is 64.9 Å². The summed E-state index contributed by atoms with van der Waals surface area (Å²) in [5.41, 5.74) is 0.498. The minimum Gasteiger partial charge on any atom is -0.381 e. The van der Waals surface area contributed by atoms with Gasteiger partial charge >= 0.3 is 0 Å². The summed E-state index contributed by atoms with van der Waals surface area (Å²) in [6, 6.07) is 0. The number of guanidine groups is 1. The summed E-state index contributed by atoms with van der Waals surface area (Å²) < 4.78 is 11.3. The van der Waals surface area contributed by atoms with Gasteiger partial charge in [0.15, 0.2) is 5.96 Å². The molecule has 2 aliphatic rings. The Balaban J connectivity index is 0.00000312. The van der Waals surface area contributed by atoms with Gasteiger partial charge in [-0.1, -0.05) is 20.3 Å². The van der Waals surface area contributed by atoms with Crippen LogP contribution in [0.3, 0.4) is 0 Å². The summed E-state index contributed by atoms with van der Waals surface area (Å²) in [6.45, 7) is 9.10. The monoisotopic (exact) mass is 467 g/mol. The Bertz CT molecular complexity index is 381. The molecule has 2 rings (SSSR count). The summed E-state index contributed by atoms with van der Waals surface area (Å²) in [6.07, 6.45) is 8.88. The molecule has 0 aromatic carbocycles. The molecule has 2 fully saturated rings. The number of rotatable bonds is 9. The molecule has 0 atom stereocenters. The van der Waals surface area contributed by atoms with Gasteiger partial charge in [-0.2, -0.15) is 0 Å². The molecule has 5 nitrogen and oxygen atoms in total. The van der Waals surface area contributed by atoms with Gasteiger partial charge in [-0.15, -0.1) is 24.0 Å². The van der Waals surface area contributed by atoms with Crippen LogP contribution in [0.25, 0.3) is 0 Å². The highest BCUT2D eigenvalue weighted by Crippen LogP contribution is 2.45. The maximum atomic E-state index is 5.90. The van der Waals surface area contributed by atoms with E-state index in [4.69, 9.17) is 9.47 Å². The first-order chi connectivity index (χ1) is 11.6. The van der Waals surface area contributed by atoms with Crippen LogP contribution in [0.2, 0.25) is 0 Å². The zero-order valence-electron chi connectivity index (χ0n) is 16.3. The predicted octanol–water partition coefficient (Wildman–Crippen LogP) is 3.57. The highest BCUT2D eigenvalue weighted by atomic mass is 127. The predicted molar refractivity (Wildman–Crippen MR) is 115 cm³/mol. The number of aliphatic imine (C=N–C) groups is 1. The molecule has 1 aliphatic carbocycles. The van der Waals surface area contributed by atoms with Gasteiger partial charge in [0.05, 0.1) is 6.10 Å². The van der Waals surface area contributed by atoms with Crippen LogP contribution in [-0.4, -0.2) is 52.0 Å². The molecular weight excluding hydrogens is 429 g/mol. The third kappa shape index (κ3) is 8.43. The van der Waals surface area contributed by atoms with Crippen LogP contribution >= 0.6 is 24.0 Å². The van der Waals surface area contributed by atoms with Crippen LogP contribution in [0.1, 0.15) is 58.8 Å². The van der Waals surface area contributed by atoms with E-state index in [1.165, 1.54) is 25.7 Å².